The van der Waals surface area contributed by atoms with Gasteiger partial charge in [-0.1, -0.05) is 29.8 Å². The number of amides is 3. The van der Waals surface area contributed by atoms with Crippen LogP contribution < -0.4 is 10.6 Å². The van der Waals surface area contributed by atoms with E-state index >= 15 is 0 Å². The Morgan fingerprint density at radius 1 is 1.33 bits per heavy atom. The first-order valence-electron chi connectivity index (χ1n) is 7.09. The van der Waals surface area contributed by atoms with E-state index in [0.717, 1.165) is 18.4 Å². The van der Waals surface area contributed by atoms with E-state index in [2.05, 4.69) is 10.6 Å². The average Bonchev–Trinajstić information content (AvgIpc) is 3.23. The van der Waals surface area contributed by atoms with Gasteiger partial charge < -0.3 is 15.5 Å². The monoisotopic (exact) mass is 309 g/mol. The molecule has 0 bridgehead atoms. The number of nitrogens with one attached hydrogen (secondary N) is 2. The molecule has 2 rings (SSSR count). The number of urea groups is 1. The molecule has 21 heavy (non-hydrogen) atoms. The molecular weight excluding hydrogens is 290 g/mol. The minimum absolute atomic E-state index is 0.0423. The van der Waals surface area contributed by atoms with E-state index in [9.17, 15) is 9.59 Å². The normalized spacial score (nSPS) is 13.6. The lowest BCUT2D eigenvalue weighted by molar-refractivity contribution is -0.129. The molecule has 1 aliphatic carbocycles. The summed E-state index contributed by atoms with van der Waals surface area (Å²) in [6.45, 7) is 2.84. The highest BCUT2D eigenvalue weighted by Crippen LogP contribution is 2.18. The Balaban J connectivity index is 1.80. The molecule has 0 saturated heterocycles. The SMILES string of the molecule is CC(=O)N(CCNC(=O)NC1CC1)Cc1ccccc1Cl. The predicted octanol–water partition coefficient (Wildman–Crippen LogP) is 2.15. The number of benzene rings is 1. The molecule has 1 aromatic carbocycles. The van der Waals surface area contributed by atoms with Crippen LogP contribution in [0.4, 0.5) is 4.79 Å². The van der Waals surface area contributed by atoms with E-state index < -0.39 is 0 Å². The summed E-state index contributed by atoms with van der Waals surface area (Å²) in [5, 5.41) is 6.25. The van der Waals surface area contributed by atoms with Crippen LogP contribution in [0.2, 0.25) is 5.02 Å². The van der Waals surface area contributed by atoms with Gasteiger partial charge >= 0.3 is 6.03 Å². The number of hydrogen-bond acceptors (Lipinski definition) is 2. The summed E-state index contributed by atoms with van der Waals surface area (Å²) in [6, 6.07) is 7.60. The molecule has 1 saturated carbocycles. The zero-order chi connectivity index (χ0) is 15.2. The first-order chi connectivity index (χ1) is 10.1. The molecule has 6 heteroatoms. The highest BCUT2D eigenvalue weighted by molar-refractivity contribution is 6.31. The second-order valence-corrected chi connectivity index (χ2v) is 5.61. The van der Waals surface area contributed by atoms with Gasteiger partial charge in [0.25, 0.3) is 0 Å². The van der Waals surface area contributed by atoms with E-state index in [0.29, 0.717) is 30.7 Å². The zero-order valence-corrected chi connectivity index (χ0v) is 12.8. The molecule has 2 N–H and O–H groups in total. The minimum Gasteiger partial charge on any atom is -0.337 e. The number of carbonyl (C=O) groups excluding carboxylic acids is 2. The van der Waals surface area contributed by atoms with Gasteiger partial charge in [-0.05, 0) is 24.5 Å². The minimum atomic E-state index is -0.168. The lowest BCUT2D eigenvalue weighted by Gasteiger charge is -2.22. The summed E-state index contributed by atoms with van der Waals surface area (Å²) in [7, 11) is 0. The highest BCUT2D eigenvalue weighted by Gasteiger charge is 2.23. The standard InChI is InChI=1S/C15H20ClN3O2/c1-11(20)19(10-12-4-2-3-5-14(12)16)9-8-17-15(21)18-13-6-7-13/h2-5,13H,6-10H2,1H3,(H2,17,18,21). The number of carbonyl (C=O) groups is 2. The molecule has 1 fully saturated rings. The maximum absolute atomic E-state index is 11.7. The summed E-state index contributed by atoms with van der Waals surface area (Å²) in [5.74, 6) is -0.0423. The third kappa shape index (κ3) is 5.27. The molecule has 0 unspecified atom stereocenters. The summed E-state index contributed by atoms with van der Waals surface area (Å²) in [5.41, 5.74) is 0.900. The Hall–Kier alpha value is -1.75. The second kappa shape index (κ2) is 7.31. The molecular formula is C15H20ClN3O2. The van der Waals surface area contributed by atoms with Crippen LogP contribution in [0.15, 0.2) is 24.3 Å². The fourth-order valence-electron chi connectivity index (χ4n) is 1.95. The van der Waals surface area contributed by atoms with Gasteiger partial charge in [0.05, 0.1) is 0 Å². The zero-order valence-electron chi connectivity index (χ0n) is 12.1. The lowest BCUT2D eigenvalue weighted by atomic mass is 10.2. The van der Waals surface area contributed by atoms with Gasteiger partial charge in [0, 0.05) is 37.6 Å². The number of nitrogens with zero attached hydrogens (tertiary/aromatic N) is 1. The van der Waals surface area contributed by atoms with Crippen molar-refractivity contribution in [1.29, 1.82) is 0 Å². The quantitative estimate of drug-likeness (QED) is 0.846. The second-order valence-electron chi connectivity index (χ2n) is 5.21. The van der Waals surface area contributed by atoms with Gasteiger partial charge in [-0.2, -0.15) is 0 Å². The van der Waals surface area contributed by atoms with Gasteiger partial charge in [-0.3, -0.25) is 4.79 Å². The maximum atomic E-state index is 11.7. The van der Waals surface area contributed by atoms with Crippen LogP contribution in [0, 0.1) is 0 Å². The van der Waals surface area contributed by atoms with Crippen LogP contribution in [0.5, 0.6) is 0 Å². The summed E-state index contributed by atoms with van der Waals surface area (Å²) >= 11 is 6.10. The van der Waals surface area contributed by atoms with Crippen molar-refractivity contribution in [3.63, 3.8) is 0 Å². The smallest absolute Gasteiger partial charge is 0.315 e. The van der Waals surface area contributed by atoms with Crippen LogP contribution in [0.1, 0.15) is 25.3 Å². The summed E-state index contributed by atoms with van der Waals surface area (Å²) in [4.78, 5) is 24.9. The van der Waals surface area contributed by atoms with E-state index in [1.54, 1.807) is 11.0 Å². The Bertz CT molecular complexity index is 517. The molecule has 0 aromatic heterocycles. The molecule has 0 atom stereocenters. The van der Waals surface area contributed by atoms with E-state index in [-0.39, 0.29) is 11.9 Å². The third-order valence-corrected chi connectivity index (χ3v) is 3.71. The maximum Gasteiger partial charge on any atom is 0.315 e. The van der Waals surface area contributed by atoms with Crippen LogP contribution in [0.3, 0.4) is 0 Å². The van der Waals surface area contributed by atoms with Gasteiger partial charge in [-0.15, -0.1) is 0 Å². The number of rotatable bonds is 6. The Morgan fingerprint density at radius 3 is 2.67 bits per heavy atom. The molecule has 0 aliphatic heterocycles. The van der Waals surface area contributed by atoms with E-state index in [4.69, 9.17) is 11.6 Å². The molecule has 0 radical (unpaired) electrons. The Labute approximate surface area is 129 Å². The first kappa shape index (κ1) is 15.6. The van der Waals surface area contributed by atoms with Crippen molar-refractivity contribution in [3.8, 4) is 0 Å². The molecule has 0 heterocycles. The average molecular weight is 310 g/mol. The third-order valence-electron chi connectivity index (χ3n) is 3.34. The van der Waals surface area contributed by atoms with Crippen molar-refractivity contribution < 1.29 is 9.59 Å². The number of halogens is 1. The van der Waals surface area contributed by atoms with Crippen LogP contribution in [-0.2, 0) is 11.3 Å². The fourth-order valence-corrected chi connectivity index (χ4v) is 2.14. The van der Waals surface area contributed by atoms with Crippen molar-refractivity contribution in [2.75, 3.05) is 13.1 Å². The highest BCUT2D eigenvalue weighted by atomic mass is 35.5. The topological polar surface area (TPSA) is 61.4 Å². The van der Waals surface area contributed by atoms with Crippen molar-refractivity contribution >= 4 is 23.5 Å². The van der Waals surface area contributed by atoms with Crippen molar-refractivity contribution in [2.24, 2.45) is 0 Å². The first-order valence-corrected chi connectivity index (χ1v) is 7.47. The molecule has 1 aromatic rings. The molecule has 5 nitrogen and oxygen atoms in total. The molecule has 3 amide bonds. The van der Waals surface area contributed by atoms with Crippen LogP contribution >= 0.6 is 11.6 Å². The van der Waals surface area contributed by atoms with Gasteiger partial charge in [0.1, 0.15) is 0 Å². The number of hydrogen-bond donors (Lipinski definition) is 2. The van der Waals surface area contributed by atoms with Gasteiger partial charge in [-0.25, -0.2) is 4.79 Å². The van der Waals surface area contributed by atoms with Gasteiger partial charge in [0.15, 0.2) is 0 Å². The van der Waals surface area contributed by atoms with Crippen molar-refractivity contribution in [1.82, 2.24) is 15.5 Å². The molecule has 114 valence electrons. The molecule has 1 aliphatic rings. The summed E-state index contributed by atoms with van der Waals surface area (Å²) < 4.78 is 0. The van der Waals surface area contributed by atoms with E-state index in [1.165, 1.54) is 6.92 Å². The van der Waals surface area contributed by atoms with Crippen molar-refractivity contribution in [2.45, 2.75) is 32.4 Å². The van der Waals surface area contributed by atoms with Crippen molar-refractivity contribution in [3.05, 3.63) is 34.9 Å². The Morgan fingerprint density at radius 2 is 2.05 bits per heavy atom. The largest absolute Gasteiger partial charge is 0.337 e. The summed E-state index contributed by atoms with van der Waals surface area (Å²) in [6.07, 6.45) is 2.11. The van der Waals surface area contributed by atoms with Gasteiger partial charge in [0.2, 0.25) is 5.91 Å². The van der Waals surface area contributed by atoms with Crippen LogP contribution in [0.25, 0.3) is 0 Å². The Kier molecular flexibility index (Phi) is 5.44. The predicted molar refractivity (Wildman–Crippen MR) is 82.1 cm³/mol. The fraction of sp³-hybridized carbons (Fsp3) is 0.467. The van der Waals surface area contributed by atoms with Crippen LogP contribution in [-0.4, -0.2) is 36.0 Å². The lowest BCUT2D eigenvalue weighted by Crippen LogP contribution is -2.42. The van der Waals surface area contributed by atoms with E-state index in [1.807, 2.05) is 18.2 Å². The molecule has 0 spiro atoms.